The van der Waals surface area contributed by atoms with Crippen molar-refractivity contribution in [2.45, 2.75) is 36.9 Å². The van der Waals surface area contributed by atoms with Crippen LogP contribution in [0.5, 0.6) is 0 Å². The van der Waals surface area contributed by atoms with Gasteiger partial charge in [0.1, 0.15) is 6.17 Å². The Morgan fingerprint density at radius 1 is 1.31 bits per heavy atom. The lowest BCUT2D eigenvalue weighted by atomic mass is 9.76. The molecule has 12 heteroatoms. The lowest BCUT2D eigenvalue weighted by molar-refractivity contribution is -0.129. The van der Waals surface area contributed by atoms with Crippen molar-refractivity contribution in [3.63, 3.8) is 0 Å². The molecule has 9 nitrogen and oxygen atoms in total. The van der Waals surface area contributed by atoms with Crippen LogP contribution in [0.15, 0.2) is 0 Å². The van der Waals surface area contributed by atoms with Crippen LogP contribution in [0.4, 0.5) is 4.39 Å². The van der Waals surface area contributed by atoms with Gasteiger partial charge in [0.05, 0.1) is 17.0 Å². The zero-order valence-corrected chi connectivity index (χ0v) is 18.2. The second-order valence-electron chi connectivity index (χ2n) is 8.52. The fourth-order valence-electron chi connectivity index (χ4n) is 4.50. The summed E-state index contributed by atoms with van der Waals surface area (Å²) in [7, 11) is -0.260. The molecule has 1 saturated carbocycles. The van der Waals surface area contributed by atoms with E-state index < -0.39 is 33.4 Å². The van der Waals surface area contributed by atoms with Crippen molar-refractivity contribution in [3.05, 3.63) is 0 Å². The van der Waals surface area contributed by atoms with E-state index in [1.165, 1.54) is 4.90 Å². The number of hydrazine groups is 1. The van der Waals surface area contributed by atoms with Crippen LogP contribution in [0.25, 0.3) is 0 Å². The summed E-state index contributed by atoms with van der Waals surface area (Å²) >= 11 is 6.17. The van der Waals surface area contributed by atoms with Crippen LogP contribution in [0.2, 0.25) is 0 Å². The monoisotopic (exact) mass is 453 g/mol. The highest BCUT2D eigenvalue weighted by molar-refractivity contribution is 7.89. The number of halogens is 2. The molecule has 1 aliphatic carbocycles. The van der Waals surface area contributed by atoms with Crippen LogP contribution >= 0.6 is 11.6 Å². The van der Waals surface area contributed by atoms with E-state index in [9.17, 15) is 22.4 Å². The zero-order chi connectivity index (χ0) is 21.3. The Morgan fingerprint density at radius 2 is 2.03 bits per heavy atom. The molecule has 0 aromatic carbocycles. The molecular weight excluding hydrogens is 425 g/mol. The van der Waals surface area contributed by atoms with Gasteiger partial charge in [-0.2, -0.15) is 0 Å². The number of hydrogen-bond acceptors (Lipinski definition) is 6. The van der Waals surface area contributed by atoms with E-state index in [4.69, 9.17) is 11.6 Å². The summed E-state index contributed by atoms with van der Waals surface area (Å²) in [5.41, 5.74) is 2.16. The van der Waals surface area contributed by atoms with Crippen molar-refractivity contribution in [1.29, 1.82) is 0 Å². The SMILES string of the molecule is CN1CNC(C2CC(Cl)C(F)C(C(=O)NNS(=O)(=O)CC3CC(=O)N(C)C3)C2)C1. The maximum atomic E-state index is 14.6. The molecule has 0 bridgehead atoms. The maximum Gasteiger partial charge on any atom is 0.241 e. The van der Waals surface area contributed by atoms with Gasteiger partial charge in [0.15, 0.2) is 0 Å². The summed E-state index contributed by atoms with van der Waals surface area (Å²) in [5.74, 6) is -2.45. The summed E-state index contributed by atoms with van der Waals surface area (Å²) in [6.45, 7) is 1.87. The van der Waals surface area contributed by atoms with E-state index in [1.807, 2.05) is 11.9 Å². The van der Waals surface area contributed by atoms with Crippen molar-refractivity contribution >= 4 is 33.4 Å². The number of nitrogens with one attached hydrogen (secondary N) is 3. The van der Waals surface area contributed by atoms with Gasteiger partial charge in [-0.3, -0.25) is 25.2 Å². The minimum absolute atomic E-state index is 0.0295. The lowest BCUT2D eigenvalue weighted by Crippen LogP contribution is -2.52. The third-order valence-corrected chi connectivity index (χ3v) is 7.80. The highest BCUT2D eigenvalue weighted by Crippen LogP contribution is 2.37. The number of nitrogens with zero attached hydrogens (tertiary/aromatic N) is 2. The maximum absolute atomic E-state index is 14.6. The first-order chi connectivity index (χ1) is 13.6. The molecule has 6 unspecified atom stereocenters. The van der Waals surface area contributed by atoms with Gasteiger partial charge in [-0.1, -0.05) is 0 Å². The van der Waals surface area contributed by atoms with E-state index in [1.54, 1.807) is 7.05 Å². The highest BCUT2D eigenvalue weighted by Gasteiger charge is 2.44. The number of likely N-dealkylation sites (tertiary alicyclic amines) is 1. The van der Waals surface area contributed by atoms with E-state index in [-0.39, 0.29) is 36.0 Å². The minimum atomic E-state index is -3.85. The Morgan fingerprint density at radius 3 is 2.62 bits per heavy atom. The fourth-order valence-corrected chi connectivity index (χ4v) is 6.09. The standard InChI is InChI=1S/C17H29ClFN5O4S/c1-23-7-14(20-9-23)11-4-12(16(19)13(18)5-11)17(26)21-22-29(27,28)8-10-3-15(25)24(2)6-10/h10-14,16,20,22H,3-9H2,1-2H3,(H,21,26). The minimum Gasteiger partial charge on any atom is -0.345 e. The van der Waals surface area contributed by atoms with Crippen LogP contribution in [-0.4, -0.2) is 87.2 Å². The van der Waals surface area contributed by atoms with E-state index >= 15 is 0 Å². The van der Waals surface area contributed by atoms with Gasteiger partial charge in [0, 0.05) is 45.2 Å². The zero-order valence-electron chi connectivity index (χ0n) is 16.6. The Bertz CT molecular complexity index is 741. The lowest BCUT2D eigenvalue weighted by Gasteiger charge is -2.37. The normalized spacial score (nSPS) is 36.6. The molecule has 2 saturated heterocycles. The molecule has 29 heavy (non-hydrogen) atoms. The summed E-state index contributed by atoms with van der Waals surface area (Å²) in [5, 5.41) is 2.55. The topological polar surface area (TPSA) is 111 Å². The molecule has 166 valence electrons. The predicted molar refractivity (Wildman–Crippen MR) is 106 cm³/mol. The molecule has 2 heterocycles. The van der Waals surface area contributed by atoms with E-state index in [0.29, 0.717) is 19.4 Å². The first kappa shape index (κ1) is 22.7. The molecule has 3 aliphatic rings. The molecule has 0 radical (unpaired) electrons. The molecule has 2 amide bonds. The average molecular weight is 454 g/mol. The smallest absolute Gasteiger partial charge is 0.241 e. The summed E-state index contributed by atoms with van der Waals surface area (Å²) < 4.78 is 39.1. The molecular formula is C17H29ClFN5O4S. The van der Waals surface area contributed by atoms with Gasteiger partial charge in [0.2, 0.25) is 21.8 Å². The summed E-state index contributed by atoms with van der Waals surface area (Å²) in [6, 6.07) is 0.123. The van der Waals surface area contributed by atoms with Gasteiger partial charge in [0.25, 0.3) is 0 Å². The Labute approximate surface area is 175 Å². The van der Waals surface area contributed by atoms with Crippen molar-refractivity contribution in [3.8, 4) is 0 Å². The predicted octanol–water partition coefficient (Wildman–Crippen LogP) is -0.752. The second kappa shape index (κ2) is 9.01. The van der Waals surface area contributed by atoms with Gasteiger partial charge < -0.3 is 4.90 Å². The number of sulfonamides is 1. The quantitative estimate of drug-likeness (QED) is 0.360. The summed E-state index contributed by atoms with van der Waals surface area (Å²) in [6.07, 6.45) is -0.630. The van der Waals surface area contributed by atoms with Crippen LogP contribution in [0.1, 0.15) is 19.3 Å². The number of rotatable bonds is 6. The van der Waals surface area contributed by atoms with Crippen LogP contribution < -0.4 is 15.6 Å². The molecule has 3 fully saturated rings. The summed E-state index contributed by atoms with van der Waals surface area (Å²) in [4.78, 5) is 29.7. The number of amides is 2. The number of carbonyl (C=O) groups is 2. The van der Waals surface area contributed by atoms with Crippen LogP contribution in [-0.2, 0) is 19.6 Å². The Hall–Kier alpha value is -1.01. The average Bonchev–Trinajstić information content (AvgIpc) is 3.20. The van der Waals surface area contributed by atoms with Gasteiger partial charge in [-0.15, -0.1) is 16.4 Å². The number of hydrogen-bond donors (Lipinski definition) is 3. The van der Waals surface area contributed by atoms with E-state index in [0.717, 1.165) is 13.2 Å². The molecule has 2 aliphatic heterocycles. The van der Waals surface area contributed by atoms with Crippen LogP contribution in [0.3, 0.4) is 0 Å². The number of likely N-dealkylation sites (N-methyl/N-ethyl adjacent to an activating group) is 1. The highest BCUT2D eigenvalue weighted by atomic mass is 35.5. The van der Waals surface area contributed by atoms with E-state index in [2.05, 4.69) is 15.6 Å². The molecule has 3 N–H and O–H groups in total. The largest absolute Gasteiger partial charge is 0.345 e. The fraction of sp³-hybridized carbons (Fsp3) is 0.882. The van der Waals surface area contributed by atoms with Crippen molar-refractivity contribution < 1.29 is 22.4 Å². The number of alkyl halides is 2. The van der Waals surface area contributed by atoms with Gasteiger partial charge in [-0.25, -0.2) is 12.8 Å². The van der Waals surface area contributed by atoms with Crippen LogP contribution in [0, 0.1) is 17.8 Å². The first-order valence-corrected chi connectivity index (χ1v) is 11.9. The second-order valence-corrected chi connectivity index (χ2v) is 10.9. The van der Waals surface area contributed by atoms with Crippen molar-refractivity contribution in [2.24, 2.45) is 17.8 Å². The molecule has 0 aromatic heterocycles. The first-order valence-electron chi connectivity index (χ1n) is 9.79. The Kier molecular flexibility index (Phi) is 7.04. The van der Waals surface area contributed by atoms with Crippen molar-refractivity contribution in [2.75, 3.05) is 39.6 Å². The third kappa shape index (κ3) is 5.57. The Balaban J connectivity index is 1.55. The molecule has 0 aromatic rings. The third-order valence-electron chi connectivity index (χ3n) is 6.06. The molecule has 0 spiro atoms. The molecule has 6 atom stereocenters. The van der Waals surface area contributed by atoms with Gasteiger partial charge in [-0.05, 0) is 25.8 Å². The molecule has 3 rings (SSSR count). The van der Waals surface area contributed by atoms with Gasteiger partial charge >= 0.3 is 0 Å². The number of carbonyl (C=O) groups excluding carboxylic acids is 2. The van der Waals surface area contributed by atoms with Crippen molar-refractivity contribution in [1.82, 2.24) is 25.4 Å².